The van der Waals surface area contributed by atoms with Crippen molar-refractivity contribution in [1.82, 2.24) is 5.32 Å². The van der Waals surface area contributed by atoms with Gasteiger partial charge in [0.1, 0.15) is 0 Å². The molecule has 0 spiro atoms. The monoisotopic (exact) mass is 256 g/mol. The summed E-state index contributed by atoms with van der Waals surface area (Å²) in [4.78, 5) is 0. The molecule has 2 unspecified atom stereocenters. The van der Waals surface area contributed by atoms with Crippen LogP contribution in [0.15, 0.2) is 36.4 Å². The standard InChI is InChI=1S/C17H24N2/c18-15-8-10-16(11-9-15)19-17-12-14(17)7-6-13-4-2-1-3-5-13/h1-7,14-17,19H,8-12,18H2. The van der Waals surface area contributed by atoms with E-state index in [0.717, 1.165) is 5.92 Å². The fourth-order valence-corrected chi connectivity index (χ4v) is 3.01. The number of hydrogen-bond acceptors (Lipinski definition) is 2. The average molecular weight is 256 g/mol. The Labute approximate surface area is 116 Å². The van der Waals surface area contributed by atoms with Gasteiger partial charge in [-0.2, -0.15) is 0 Å². The van der Waals surface area contributed by atoms with Crippen LogP contribution in [0, 0.1) is 5.92 Å². The molecule has 2 saturated carbocycles. The smallest absolute Gasteiger partial charge is 0.0139 e. The van der Waals surface area contributed by atoms with Crippen molar-refractivity contribution in [3.05, 3.63) is 42.0 Å². The van der Waals surface area contributed by atoms with Crippen LogP contribution in [0.3, 0.4) is 0 Å². The minimum atomic E-state index is 0.450. The maximum atomic E-state index is 5.94. The summed E-state index contributed by atoms with van der Waals surface area (Å²) in [6.45, 7) is 0. The van der Waals surface area contributed by atoms with Crippen molar-refractivity contribution in [3.8, 4) is 0 Å². The summed E-state index contributed by atoms with van der Waals surface area (Å²) in [5, 5.41) is 3.79. The van der Waals surface area contributed by atoms with Gasteiger partial charge in [0, 0.05) is 18.1 Å². The quantitative estimate of drug-likeness (QED) is 0.869. The van der Waals surface area contributed by atoms with E-state index in [2.05, 4.69) is 47.8 Å². The van der Waals surface area contributed by atoms with Gasteiger partial charge in [-0.3, -0.25) is 0 Å². The van der Waals surface area contributed by atoms with Crippen LogP contribution in [0.5, 0.6) is 0 Å². The van der Waals surface area contributed by atoms with Gasteiger partial charge in [-0.1, -0.05) is 42.5 Å². The van der Waals surface area contributed by atoms with Gasteiger partial charge in [-0.25, -0.2) is 0 Å². The van der Waals surface area contributed by atoms with Crippen molar-refractivity contribution in [2.24, 2.45) is 11.7 Å². The first-order valence-electron chi connectivity index (χ1n) is 7.56. The first kappa shape index (κ1) is 12.9. The second-order valence-corrected chi connectivity index (χ2v) is 6.05. The van der Waals surface area contributed by atoms with Crippen LogP contribution >= 0.6 is 0 Å². The zero-order valence-electron chi connectivity index (χ0n) is 11.5. The maximum absolute atomic E-state index is 5.94. The number of nitrogens with one attached hydrogen (secondary N) is 1. The zero-order valence-corrected chi connectivity index (χ0v) is 11.5. The highest BCUT2D eigenvalue weighted by Crippen LogP contribution is 2.34. The Morgan fingerprint density at radius 2 is 1.79 bits per heavy atom. The summed E-state index contributed by atoms with van der Waals surface area (Å²) in [5.41, 5.74) is 7.25. The molecule has 0 aromatic heterocycles. The molecule has 19 heavy (non-hydrogen) atoms. The van der Waals surface area contributed by atoms with Gasteiger partial charge < -0.3 is 11.1 Å². The van der Waals surface area contributed by atoms with Crippen LogP contribution in [-0.2, 0) is 0 Å². The summed E-state index contributed by atoms with van der Waals surface area (Å²) in [6, 6.07) is 12.4. The van der Waals surface area contributed by atoms with E-state index in [0.29, 0.717) is 18.1 Å². The van der Waals surface area contributed by atoms with Gasteiger partial charge >= 0.3 is 0 Å². The van der Waals surface area contributed by atoms with Gasteiger partial charge in [0.2, 0.25) is 0 Å². The van der Waals surface area contributed by atoms with Crippen molar-refractivity contribution in [1.29, 1.82) is 0 Å². The van der Waals surface area contributed by atoms with E-state index in [1.807, 2.05) is 0 Å². The Morgan fingerprint density at radius 1 is 1.05 bits per heavy atom. The Kier molecular flexibility index (Phi) is 4.00. The molecule has 0 radical (unpaired) electrons. The molecular formula is C17H24N2. The van der Waals surface area contributed by atoms with Crippen LogP contribution in [0.1, 0.15) is 37.7 Å². The fourth-order valence-electron chi connectivity index (χ4n) is 3.01. The Bertz CT molecular complexity index is 418. The highest BCUT2D eigenvalue weighted by Gasteiger charge is 2.36. The molecule has 3 N–H and O–H groups in total. The molecule has 0 saturated heterocycles. The largest absolute Gasteiger partial charge is 0.328 e. The molecule has 0 bridgehead atoms. The van der Waals surface area contributed by atoms with E-state index < -0.39 is 0 Å². The summed E-state index contributed by atoms with van der Waals surface area (Å²) < 4.78 is 0. The second kappa shape index (κ2) is 5.89. The van der Waals surface area contributed by atoms with Gasteiger partial charge in [0.25, 0.3) is 0 Å². The van der Waals surface area contributed by atoms with E-state index in [4.69, 9.17) is 5.73 Å². The van der Waals surface area contributed by atoms with E-state index in [1.54, 1.807) is 0 Å². The first-order valence-corrected chi connectivity index (χ1v) is 7.56. The predicted molar refractivity (Wildman–Crippen MR) is 80.7 cm³/mol. The lowest BCUT2D eigenvalue weighted by molar-refractivity contribution is 0.339. The average Bonchev–Trinajstić information content (AvgIpc) is 3.19. The Morgan fingerprint density at radius 3 is 2.53 bits per heavy atom. The first-order chi connectivity index (χ1) is 9.31. The van der Waals surface area contributed by atoms with Gasteiger partial charge in [0.15, 0.2) is 0 Å². The third-order valence-electron chi connectivity index (χ3n) is 4.40. The number of nitrogens with two attached hydrogens (primary N) is 1. The molecule has 0 heterocycles. The molecule has 102 valence electrons. The lowest BCUT2D eigenvalue weighted by Crippen LogP contribution is -2.38. The fraction of sp³-hybridized carbons (Fsp3) is 0.529. The Balaban J connectivity index is 1.43. The lowest BCUT2D eigenvalue weighted by atomic mass is 9.92. The van der Waals surface area contributed by atoms with Crippen LogP contribution in [0.2, 0.25) is 0 Å². The SMILES string of the molecule is NC1CCC(NC2CC2C=Cc2ccccc2)CC1. The molecule has 3 rings (SSSR count). The summed E-state index contributed by atoms with van der Waals surface area (Å²) in [6.07, 6.45) is 10.8. The molecule has 2 aliphatic rings. The zero-order chi connectivity index (χ0) is 13.1. The van der Waals surface area contributed by atoms with Gasteiger partial charge in [-0.05, 0) is 43.6 Å². The summed E-state index contributed by atoms with van der Waals surface area (Å²) in [5.74, 6) is 0.732. The lowest BCUT2D eigenvalue weighted by Gasteiger charge is -2.27. The molecule has 2 heteroatoms. The van der Waals surface area contributed by atoms with E-state index in [1.165, 1.54) is 37.7 Å². The maximum Gasteiger partial charge on any atom is 0.0139 e. The van der Waals surface area contributed by atoms with Gasteiger partial charge in [0.05, 0.1) is 0 Å². The molecule has 0 aliphatic heterocycles. The molecular weight excluding hydrogens is 232 g/mol. The molecule has 2 fully saturated rings. The molecule has 0 amide bonds. The summed E-state index contributed by atoms with van der Waals surface area (Å²) in [7, 11) is 0. The minimum Gasteiger partial charge on any atom is -0.328 e. The Hall–Kier alpha value is -1.12. The minimum absolute atomic E-state index is 0.450. The van der Waals surface area contributed by atoms with Gasteiger partial charge in [-0.15, -0.1) is 0 Å². The van der Waals surface area contributed by atoms with Crippen LogP contribution < -0.4 is 11.1 Å². The third kappa shape index (κ3) is 3.68. The summed E-state index contributed by atoms with van der Waals surface area (Å²) >= 11 is 0. The van der Waals surface area contributed by atoms with E-state index in [9.17, 15) is 0 Å². The molecule has 1 aromatic carbocycles. The van der Waals surface area contributed by atoms with Crippen LogP contribution in [0.25, 0.3) is 6.08 Å². The van der Waals surface area contributed by atoms with Crippen molar-refractivity contribution in [2.45, 2.75) is 50.2 Å². The highest BCUT2D eigenvalue weighted by molar-refractivity contribution is 5.49. The number of benzene rings is 1. The van der Waals surface area contributed by atoms with Crippen molar-refractivity contribution in [3.63, 3.8) is 0 Å². The number of rotatable bonds is 4. The van der Waals surface area contributed by atoms with Crippen molar-refractivity contribution in [2.75, 3.05) is 0 Å². The molecule has 2 aliphatic carbocycles. The van der Waals surface area contributed by atoms with Crippen molar-refractivity contribution >= 4 is 6.08 Å². The third-order valence-corrected chi connectivity index (χ3v) is 4.40. The van der Waals surface area contributed by atoms with Crippen LogP contribution in [-0.4, -0.2) is 18.1 Å². The van der Waals surface area contributed by atoms with E-state index in [-0.39, 0.29) is 0 Å². The van der Waals surface area contributed by atoms with E-state index >= 15 is 0 Å². The predicted octanol–water partition coefficient (Wildman–Crippen LogP) is 2.95. The number of hydrogen-bond donors (Lipinski definition) is 2. The second-order valence-electron chi connectivity index (χ2n) is 6.05. The topological polar surface area (TPSA) is 38.0 Å². The highest BCUT2D eigenvalue weighted by atomic mass is 15.0. The normalized spacial score (nSPS) is 34.6. The molecule has 2 atom stereocenters. The molecule has 1 aromatic rings. The van der Waals surface area contributed by atoms with Crippen molar-refractivity contribution < 1.29 is 0 Å². The molecule has 2 nitrogen and oxygen atoms in total. The van der Waals surface area contributed by atoms with Crippen LogP contribution in [0.4, 0.5) is 0 Å².